The van der Waals surface area contributed by atoms with Gasteiger partial charge in [-0.1, -0.05) is 6.07 Å². The number of nitrogens with zero attached hydrogens (tertiary/aromatic N) is 1. The van der Waals surface area contributed by atoms with Crippen molar-refractivity contribution in [2.75, 3.05) is 27.4 Å². The van der Waals surface area contributed by atoms with Crippen LogP contribution in [0.15, 0.2) is 51.2 Å². The van der Waals surface area contributed by atoms with E-state index in [0.29, 0.717) is 29.4 Å². The van der Waals surface area contributed by atoms with Gasteiger partial charge in [-0.3, -0.25) is 5.43 Å². The van der Waals surface area contributed by atoms with Crippen LogP contribution in [0.3, 0.4) is 0 Å². The van der Waals surface area contributed by atoms with Gasteiger partial charge in [-0.05, 0) is 87.8 Å². The van der Waals surface area contributed by atoms with Crippen LogP contribution in [0.25, 0.3) is 0 Å². The molecule has 1 aliphatic heterocycles. The molecule has 0 radical (unpaired) electrons. The summed E-state index contributed by atoms with van der Waals surface area (Å²) in [6.07, 6.45) is 0.457. The van der Waals surface area contributed by atoms with Gasteiger partial charge in [0.25, 0.3) is 0 Å². The summed E-state index contributed by atoms with van der Waals surface area (Å²) in [5, 5.41) is 19.7. The smallest absolute Gasteiger partial charge is 0.337 e. The van der Waals surface area contributed by atoms with E-state index >= 15 is 0 Å². The summed E-state index contributed by atoms with van der Waals surface area (Å²) in [4.78, 5) is 24.5. The van der Waals surface area contributed by atoms with E-state index in [2.05, 4.69) is 59.7 Å². The number of nitrogens with one attached hydrogen (secondary N) is 3. The van der Waals surface area contributed by atoms with Crippen LogP contribution in [0.4, 0.5) is 4.79 Å². The fourth-order valence-electron chi connectivity index (χ4n) is 3.67. The minimum Gasteiger partial charge on any atom is -0.494 e. The quantitative estimate of drug-likeness (QED) is 0.0917. The maximum Gasteiger partial charge on any atom is 0.337 e. The summed E-state index contributed by atoms with van der Waals surface area (Å²) in [7, 11) is 2.88. The van der Waals surface area contributed by atoms with Crippen molar-refractivity contribution >= 4 is 56.7 Å². The zero-order valence-electron chi connectivity index (χ0n) is 21.1. The van der Waals surface area contributed by atoms with Crippen molar-refractivity contribution in [1.82, 2.24) is 16.1 Å². The Morgan fingerprint density at radius 3 is 2.68 bits per heavy atom. The van der Waals surface area contributed by atoms with Crippen molar-refractivity contribution in [3.63, 3.8) is 0 Å². The highest BCUT2D eigenvalue weighted by molar-refractivity contribution is 14.1. The molecular formula is C25H28BrIN4O7. The molecule has 2 atom stereocenters. The molecule has 13 heteroatoms. The number of esters is 1. The SMILES string of the molecule is CCOc1cc([C@H]2NC(=O)NC(C)=C2C(=O)OC)ccc1OC[C@H](O)N/N=C\c1cc(Br)c(OC)c(I)c1. The number of benzene rings is 2. The Bertz CT molecular complexity index is 1230. The first-order valence-corrected chi connectivity index (χ1v) is 13.3. The highest BCUT2D eigenvalue weighted by Gasteiger charge is 2.32. The average Bonchev–Trinajstić information content (AvgIpc) is 2.87. The van der Waals surface area contributed by atoms with Gasteiger partial charge >= 0.3 is 12.0 Å². The van der Waals surface area contributed by atoms with Crippen LogP contribution < -0.4 is 30.3 Å². The summed E-state index contributed by atoms with van der Waals surface area (Å²) in [5.41, 5.74) is 4.69. The number of urea groups is 1. The minimum atomic E-state index is -1.11. The molecule has 1 aliphatic rings. The third-order valence-electron chi connectivity index (χ3n) is 5.33. The molecule has 0 aliphatic carbocycles. The maximum atomic E-state index is 12.4. The molecule has 2 aromatic rings. The Kier molecular flexibility index (Phi) is 10.6. The summed E-state index contributed by atoms with van der Waals surface area (Å²) in [6, 6.07) is 7.57. The summed E-state index contributed by atoms with van der Waals surface area (Å²) >= 11 is 5.62. The Labute approximate surface area is 242 Å². The van der Waals surface area contributed by atoms with E-state index in [0.717, 1.165) is 19.4 Å². The highest BCUT2D eigenvalue weighted by Crippen LogP contribution is 2.35. The number of carbonyl (C=O) groups excluding carboxylic acids is 2. The Balaban J connectivity index is 1.70. The predicted molar refractivity (Wildman–Crippen MR) is 152 cm³/mol. The number of hydrazone groups is 1. The van der Waals surface area contributed by atoms with Crippen LogP contribution in [0, 0.1) is 3.57 Å². The number of ether oxygens (including phenoxy) is 4. The molecule has 4 N–H and O–H groups in total. The second-order valence-electron chi connectivity index (χ2n) is 7.93. The molecule has 2 aromatic carbocycles. The number of halogens is 2. The molecule has 11 nitrogen and oxygen atoms in total. The largest absolute Gasteiger partial charge is 0.494 e. The second kappa shape index (κ2) is 13.7. The molecule has 3 rings (SSSR count). The molecule has 0 aromatic heterocycles. The van der Waals surface area contributed by atoms with Gasteiger partial charge in [0, 0.05) is 5.70 Å². The van der Waals surface area contributed by atoms with Crippen molar-refractivity contribution < 1.29 is 33.6 Å². The van der Waals surface area contributed by atoms with Gasteiger partial charge < -0.3 is 34.7 Å². The molecule has 204 valence electrons. The Morgan fingerprint density at radius 2 is 2.03 bits per heavy atom. The third kappa shape index (κ3) is 7.29. The fraction of sp³-hybridized carbons (Fsp3) is 0.320. The first-order chi connectivity index (χ1) is 18.2. The Hall–Kier alpha value is -3.04. The molecular weight excluding hydrogens is 675 g/mol. The Morgan fingerprint density at radius 1 is 1.26 bits per heavy atom. The van der Waals surface area contributed by atoms with E-state index in [1.54, 1.807) is 38.4 Å². The van der Waals surface area contributed by atoms with Gasteiger partial charge in [0.1, 0.15) is 12.4 Å². The van der Waals surface area contributed by atoms with Gasteiger partial charge in [-0.2, -0.15) is 5.10 Å². The molecule has 0 saturated carbocycles. The molecule has 38 heavy (non-hydrogen) atoms. The van der Waals surface area contributed by atoms with Crippen molar-refractivity contribution in [3.05, 3.63) is 60.8 Å². The van der Waals surface area contributed by atoms with Crippen molar-refractivity contribution in [2.24, 2.45) is 5.10 Å². The molecule has 0 saturated heterocycles. The lowest BCUT2D eigenvalue weighted by Gasteiger charge is -2.28. The molecule has 2 amide bonds. The van der Waals surface area contributed by atoms with Crippen LogP contribution >= 0.6 is 38.5 Å². The van der Waals surface area contributed by atoms with Crippen molar-refractivity contribution in [2.45, 2.75) is 26.1 Å². The monoisotopic (exact) mass is 702 g/mol. The van der Waals surface area contributed by atoms with Gasteiger partial charge in [-0.15, -0.1) is 0 Å². The van der Waals surface area contributed by atoms with Crippen molar-refractivity contribution in [3.8, 4) is 17.2 Å². The highest BCUT2D eigenvalue weighted by atomic mass is 127. The zero-order chi connectivity index (χ0) is 27.8. The van der Waals surface area contributed by atoms with Crippen LogP contribution in [0.2, 0.25) is 0 Å². The summed E-state index contributed by atoms with van der Waals surface area (Å²) < 4.78 is 23.4. The molecule has 0 spiro atoms. The third-order valence-corrected chi connectivity index (χ3v) is 6.72. The summed E-state index contributed by atoms with van der Waals surface area (Å²) in [6.45, 7) is 3.66. The van der Waals surface area contributed by atoms with Crippen molar-refractivity contribution in [1.29, 1.82) is 0 Å². The lowest BCUT2D eigenvalue weighted by Crippen LogP contribution is -2.45. The van der Waals surface area contributed by atoms with Gasteiger partial charge in [0.05, 0.1) is 46.7 Å². The van der Waals surface area contributed by atoms with Gasteiger partial charge in [0.2, 0.25) is 0 Å². The number of rotatable bonds is 11. The zero-order valence-corrected chi connectivity index (χ0v) is 24.9. The number of amides is 2. The molecule has 0 unspecified atom stereocenters. The number of aliphatic hydroxyl groups is 1. The molecule has 0 bridgehead atoms. The molecule has 0 fully saturated rings. The van der Waals surface area contributed by atoms with Crippen LogP contribution in [-0.2, 0) is 9.53 Å². The van der Waals surface area contributed by atoms with E-state index in [1.165, 1.54) is 7.11 Å². The fourth-order valence-corrected chi connectivity index (χ4v) is 5.55. The first kappa shape index (κ1) is 29.5. The van der Waals surface area contributed by atoms with Crippen LogP contribution in [-0.4, -0.2) is 57.0 Å². The maximum absolute atomic E-state index is 12.4. The van der Waals surface area contributed by atoms with E-state index in [1.807, 2.05) is 19.1 Å². The minimum absolute atomic E-state index is 0.128. The number of allylic oxidation sites excluding steroid dienone is 1. The number of aliphatic hydroxyl groups excluding tert-OH is 1. The van der Waals surface area contributed by atoms with E-state index < -0.39 is 24.3 Å². The topological polar surface area (TPSA) is 140 Å². The number of hydrogen-bond donors (Lipinski definition) is 4. The van der Waals surface area contributed by atoms with Gasteiger partial charge in [0.15, 0.2) is 17.7 Å². The number of hydrogen-bond acceptors (Lipinski definition) is 9. The predicted octanol–water partition coefficient (Wildman–Crippen LogP) is 3.58. The lowest BCUT2D eigenvalue weighted by atomic mass is 9.95. The van der Waals surface area contributed by atoms with E-state index in [9.17, 15) is 14.7 Å². The standard InChI is InChI=1S/C25H28BrIN4O7/c1-5-37-19-10-15(22-21(24(33)36-4)13(2)29-25(34)30-22)6-7-18(19)38-12-20(32)31-28-11-14-8-16(26)23(35-3)17(27)9-14/h6-11,20,22,31-32H,5,12H2,1-4H3,(H2,29,30,34)/b28-11-/t20-,22+/m0/s1. The lowest BCUT2D eigenvalue weighted by molar-refractivity contribution is -0.136. The van der Waals surface area contributed by atoms with Crippen LogP contribution in [0.5, 0.6) is 17.2 Å². The van der Waals surface area contributed by atoms with Gasteiger partial charge in [-0.25, -0.2) is 9.59 Å². The van der Waals surface area contributed by atoms with Crippen LogP contribution in [0.1, 0.15) is 31.0 Å². The first-order valence-electron chi connectivity index (χ1n) is 11.4. The second-order valence-corrected chi connectivity index (χ2v) is 9.95. The number of carbonyl (C=O) groups is 2. The number of methoxy groups -OCH3 is 2. The average molecular weight is 703 g/mol. The van der Waals surface area contributed by atoms with E-state index in [4.69, 9.17) is 18.9 Å². The molecule has 1 heterocycles. The summed E-state index contributed by atoms with van der Waals surface area (Å²) in [5.74, 6) is 0.919. The normalized spacial score (nSPS) is 16.0. The van der Waals surface area contributed by atoms with E-state index in [-0.39, 0.29) is 12.2 Å².